The zero-order chi connectivity index (χ0) is 16.0. The van der Waals surface area contributed by atoms with Crippen molar-refractivity contribution in [2.75, 3.05) is 39.3 Å². The summed E-state index contributed by atoms with van der Waals surface area (Å²) in [6.45, 7) is 9.81. The van der Waals surface area contributed by atoms with Gasteiger partial charge in [0.2, 0.25) is 5.91 Å². The third-order valence-electron chi connectivity index (χ3n) is 4.95. The van der Waals surface area contributed by atoms with Gasteiger partial charge in [0.25, 0.3) is 0 Å². The Balaban J connectivity index is 0.00000264. The molecule has 136 valence electrons. The quantitative estimate of drug-likeness (QED) is 0.765. The Morgan fingerprint density at radius 1 is 1.22 bits per heavy atom. The van der Waals surface area contributed by atoms with Gasteiger partial charge >= 0.3 is 0 Å². The zero-order valence-corrected chi connectivity index (χ0v) is 15.6. The molecule has 0 aromatic rings. The van der Waals surface area contributed by atoms with E-state index >= 15 is 0 Å². The van der Waals surface area contributed by atoms with Gasteiger partial charge in [-0.2, -0.15) is 0 Å². The molecule has 2 fully saturated rings. The molecule has 0 aromatic heterocycles. The Labute approximate surface area is 147 Å². The van der Waals surface area contributed by atoms with Crippen LogP contribution in [0.1, 0.15) is 52.4 Å². The van der Waals surface area contributed by atoms with Crippen molar-refractivity contribution in [2.24, 2.45) is 5.73 Å². The molecule has 2 aliphatic heterocycles. The smallest absolute Gasteiger partial charge is 0.242 e. The average molecular weight is 348 g/mol. The number of ether oxygens (including phenoxy) is 1. The lowest BCUT2D eigenvalue weighted by Gasteiger charge is -2.36. The predicted molar refractivity (Wildman–Crippen MR) is 96.0 cm³/mol. The van der Waals surface area contributed by atoms with E-state index in [1.807, 2.05) is 11.8 Å². The summed E-state index contributed by atoms with van der Waals surface area (Å²) < 4.78 is 6.00. The van der Waals surface area contributed by atoms with Crippen LogP contribution in [0.3, 0.4) is 0 Å². The van der Waals surface area contributed by atoms with Crippen LogP contribution < -0.4 is 5.73 Å². The van der Waals surface area contributed by atoms with Crippen LogP contribution >= 0.6 is 12.4 Å². The van der Waals surface area contributed by atoms with Crippen molar-refractivity contribution >= 4 is 18.3 Å². The van der Waals surface area contributed by atoms with Gasteiger partial charge in [-0.05, 0) is 52.1 Å². The molecule has 0 aliphatic carbocycles. The minimum Gasteiger partial charge on any atom is -0.377 e. The van der Waals surface area contributed by atoms with Gasteiger partial charge in [-0.1, -0.05) is 13.3 Å². The topological polar surface area (TPSA) is 58.8 Å². The highest BCUT2D eigenvalue weighted by atomic mass is 35.5. The first kappa shape index (κ1) is 20.7. The van der Waals surface area contributed by atoms with Crippen LogP contribution in [0.2, 0.25) is 0 Å². The normalized spacial score (nSPS) is 22.7. The first-order valence-corrected chi connectivity index (χ1v) is 8.95. The summed E-state index contributed by atoms with van der Waals surface area (Å²) in [7, 11) is 0. The number of halogens is 1. The summed E-state index contributed by atoms with van der Waals surface area (Å²) in [5, 5.41) is 0. The minimum atomic E-state index is -0.710. The fourth-order valence-corrected chi connectivity index (χ4v) is 3.57. The number of carbonyl (C=O) groups is 1. The molecule has 0 radical (unpaired) electrons. The van der Waals surface area contributed by atoms with Crippen molar-refractivity contribution in [2.45, 2.75) is 64.0 Å². The zero-order valence-electron chi connectivity index (χ0n) is 14.8. The van der Waals surface area contributed by atoms with Crippen LogP contribution in [-0.2, 0) is 9.53 Å². The van der Waals surface area contributed by atoms with E-state index in [9.17, 15) is 4.79 Å². The Morgan fingerprint density at radius 2 is 1.83 bits per heavy atom. The summed E-state index contributed by atoms with van der Waals surface area (Å²) in [5.74, 6) is 0.102. The van der Waals surface area contributed by atoms with Gasteiger partial charge in [-0.3, -0.25) is 4.79 Å². The first-order chi connectivity index (χ1) is 10.5. The summed E-state index contributed by atoms with van der Waals surface area (Å²) in [4.78, 5) is 16.9. The number of nitrogens with two attached hydrogens (primary N) is 1. The molecule has 2 heterocycles. The Kier molecular flexibility index (Phi) is 8.83. The molecule has 6 heteroatoms. The molecule has 1 atom stereocenters. The van der Waals surface area contributed by atoms with E-state index in [0.29, 0.717) is 6.10 Å². The lowest BCUT2D eigenvalue weighted by molar-refractivity contribution is -0.139. The molecule has 5 nitrogen and oxygen atoms in total. The van der Waals surface area contributed by atoms with Crippen molar-refractivity contribution in [3.05, 3.63) is 0 Å². The number of amides is 1. The fourth-order valence-electron chi connectivity index (χ4n) is 3.57. The van der Waals surface area contributed by atoms with E-state index in [1.54, 1.807) is 0 Å². The summed E-state index contributed by atoms with van der Waals surface area (Å²) in [6.07, 6.45) is 6.53. The number of likely N-dealkylation sites (tertiary alicyclic amines) is 2. The number of carbonyl (C=O) groups excluding carboxylic acids is 1. The molecule has 2 aliphatic rings. The Morgan fingerprint density at radius 3 is 2.39 bits per heavy atom. The highest BCUT2D eigenvalue weighted by Gasteiger charge is 2.33. The van der Waals surface area contributed by atoms with Crippen LogP contribution in [0.25, 0.3) is 0 Å². The number of piperidine rings is 1. The maximum absolute atomic E-state index is 12.5. The highest BCUT2D eigenvalue weighted by molar-refractivity contribution is 5.86. The second kappa shape index (κ2) is 9.82. The molecule has 0 aromatic carbocycles. The average Bonchev–Trinajstić information content (AvgIpc) is 3.00. The fraction of sp³-hybridized carbons (Fsp3) is 0.941. The Bertz CT molecular complexity index is 352. The van der Waals surface area contributed by atoms with E-state index in [4.69, 9.17) is 10.5 Å². The van der Waals surface area contributed by atoms with Gasteiger partial charge in [0.15, 0.2) is 0 Å². The van der Waals surface area contributed by atoms with Crippen molar-refractivity contribution in [3.63, 3.8) is 0 Å². The van der Waals surface area contributed by atoms with Crippen LogP contribution in [0, 0.1) is 0 Å². The molecule has 2 N–H and O–H groups in total. The highest BCUT2D eigenvalue weighted by Crippen LogP contribution is 2.19. The monoisotopic (exact) mass is 347 g/mol. The van der Waals surface area contributed by atoms with Gasteiger partial charge in [-0.15, -0.1) is 12.4 Å². The maximum atomic E-state index is 12.5. The van der Waals surface area contributed by atoms with Gasteiger partial charge in [-0.25, -0.2) is 0 Å². The Hall–Kier alpha value is -0.360. The predicted octanol–water partition coefficient (Wildman–Crippen LogP) is 2.03. The van der Waals surface area contributed by atoms with Crippen molar-refractivity contribution < 1.29 is 9.53 Å². The minimum absolute atomic E-state index is 0. The van der Waals surface area contributed by atoms with Crippen molar-refractivity contribution in [1.29, 1.82) is 0 Å². The van der Waals surface area contributed by atoms with Gasteiger partial charge in [0.05, 0.1) is 18.2 Å². The first-order valence-electron chi connectivity index (χ1n) is 8.95. The third-order valence-corrected chi connectivity index (χ3v) is 4.95. The van der Waals surface area contributed by atoms with E-state index in [0.717, 1.165) is 51.9 Å². The summed E-state index contributed by atoms with van der Waals surface area (Å²) in [5.41, 5.74) is 5.45. The van der Waals surface area contributed by atoms with E-state index in [1.165, 1.54) is 25.9 Å². The van der Waals surface area contributed by atoms with Crippen molar-refractivity contribution in [1.82, 2.24) is 9.80 Å². The van der Waals surface area contributed by atoms with Crippen LogP contribution in [0.15, 0.2) is 0 Å². The lowest BCUT2D eigenvalue weighted by atomic mass is 9.94. The van der Waals surface area contributed by atoms with Crippen LogP contribution in [0.4, 0.5) is 0 Å². The van der Waals surface area contributed by atoms with Crippen LogP contribution in [-0.4, -0.2) is 66.7 Å². The molecular formula is C17H34ClN3O2. The number of hydrogen-bond donors (Lipinski definition) is 1. The summed E-state index contributed by atoms with van der Waals surface area (Å²) in [6, 6.07) is 0. The number of rotatable bonds is 7. The molecule has 0 saturated carbocycles. The molecular weight excluding hydrogens is 314 g/mol. The molecule has 0 bridgehead atoms. The van der Waals surface area contributed by atoms with E-state index in [-0.39, 0.29) is 18.3 Å². The second-order valence-electron chi connectivity index (χ2n) is 7.08. The third kappa shape index (κ3) is 6.22. The maximum Gasteiger partial charge on any atom is 0.242 e. The van der Waals surface area contributed by atoms with Gasteiger partial charge < -0.3 is 20.3 Å². The lowest BCUT2D eigenvalue weighted by Crippen LogP contribution is -2.55. The molecule has 23 heavy (non-hydrogen) atoms. The molecule has 0 spiro atoms. The molecule has 1 amide bonds. The van der Waals surface area contributed by atoms with Gasteiger partial charge in [0, 0.05) is 19.6 Å². The molecule has 2 saturated heterocycles. The van der Waals surface area contributed by atoms with Gasteiger partial charge in [0.1, 0.15) is 0 Å². The largest absolute Gasteiger partial charge is 0.377 e. The SMILES string of the molecule is CCCC(C)(N)C(=O)N1CCC(OCCN2CCCC2)CC1.Cl. The summed E-state index contributed by atoms with van der Waals surface area (Å²) >= 11 is 0. The van der Waals surface area contributed by atoms with E-state index in [2.05, 4.69) is 11.8 Å². The van der Waals surface area contributed by atoms with Crippen molar-refractivity contribution in [3.8, 4) is 0 Å². The second-order valence-corrected chi connectivity index (χ2v) is 7.08. The number of hydrogen-bond acceptors (Lipinski definition) is 4. The standard InChI is InChI=1S/C17H33N3O2.ClH/c1-3-8-17(2,18)16(21)20-11-6-15(7-12-20)22-14-13-19-9-4-5-10-19;/h15H,3-14,18H2,1-2H3;1H. The van der Waals surface area contributed by atoms with Crippen LogP contribution in [0.5, 0.6) is 0 Å². The molecule has 1 unspecified atom stereocenters. The molecule has 2 rings (SSSR count). The van der Waals surface area contributed by atoms with E-state index < -0.39 is 5.54 Å². The number of nitrogens with zero attached hydrogens (tertiary/aromatic N) is 2.